The molecular weight excluding hydrogens is 686 g/mol. The summed E-state index contributed by atoms with van der Waals surface area (Å²) in [5.41, 5.74) is 0.172. The number of hydrogen-bond acceptors (Lipinski definition) is 5. The number of halogens is 6. The second-order valence-corrected chi connectivity index (χ2v) is 14.0. The molecule has 13 heteroatoms. The van der Waals surface area contributed by atoms with E-state index in [-0.39, 0.29) is 6.42 Å². The molecule has 1 atom stereocenters. The zero-order chi connectivity index (χ0) is 37.1. The van der Waals surface area contributed by atoms with Gasteiger partial charge >= 0.3 is 18.3 Å². The highest BCUT2D eigenvalue weighted by molar-refractivity contribution is 6.05. The summed E-state index contributed by atoms with van der Waals surface area (Å²) in [6.07, 6.45) is -4.27. The molecule has 1 aromatic heterocycles. The molecule has 0 aliphatic carbocycles. The lowest BCUT2D eigenvalue weighted by Gasteiger charge is -2.42. The molecule has 2 aliphatic rings. The van der Waals surface area contributed by atoms with Crippen molar-refractivity contribution < 1.29 is 41.0 Å². The molecule has 2 N–H and O–H groups in total. The summed E-state index contributed by atoms with van der Waals surface area (Å²) in [4.78, 5) is 34.0. The minimum Gasteiger partial charge on any atom is -0.480 e. The minimum atomic E-state index is -5.10. The Morgan fingerprint density at radius 1 is 0.788 bits per heavy atom. The number of carbonyl (C=O) groups excluding carboxylic acids is 1. The van der Waals surface area contributed by atoms with E-state index < -0.39 is 68.2 Å². The predicted octanol–water partition coefficient (Wildman–Crippen LogP) is 7.79. The number of rotatable bonds is 11. The third-order valence-electron chi connectivity index (χ3n) is 10.6. The monoisotopic (exact) mass is 728 g/mol. The number of nitrogens with zero attached hydrogens (tertiary/aromatic N) is 3. The molecule has 0 bridgehead atoms. The van der Waals surface area contributed by atoms with Gasteiger partial charge in [-0.25, -0.2) is 4.79 Å². The van der Waals surface area contributed by atoms with Gasteiger partial charge < -0.3 is 15.3 Å². The number of benzene rings is 3. The standard InChI is InChI=1S/C39H42F6N4O3/c40-38(41,42)25-49-21-16-37(17-22-49,39(43,44)45)36(52)47-33(35(50)51)23-26-9-6-14-30-28(26)13-7-15-32(30)34-31-12-3-2-11-29(31)27(24-46-34)10-8-20-48-18-4-1-5-19-48/h2-3,6-7,9,11-15,24,33H,1,4-5,8,10,16-23,25H2,(H,47,52)(H,50,51)/t33-/m0/s1. The van der Waals surface area contributed by atoms with Gasteiger partial charge in [-0.1, -0.05) is 67.1 Å². The van der Waals surface area contributed by atoms with Gasteiger partial charge in [0.1, 0.15) is 11.5 Å². The van der Waals surface area contributed by atoms with E-state index in [4.69, 9.17) is 4.98 Å². The van der Waals surface area contributed by atoms with E-state index in [0.717, 1.165) is 70.4 Å². The van der Waals surface area contributed by atoms with Crippen molar-refractivity contribution in [1.82, 2.24) is 20.1 Å². The van der Waals surface area contributed by atoms with Crippen LogP contribution >= 0.6 is 0 Å². The van der Waals surface area contributed by atoms with Crippen molar-refractivity contribution in [3.8, 4) is 11.3 Å². The molecule has 3 aromatic carbocycles. The van der Waals surface area contributed by atoms with Gasteiger partial charge in [0.15, 0.2) is 0 Å². The molecule has 6 rings (SSSR count). The first-order valence-electron chi connectivity index (χ1n) is 17.8. The van der Waals surface area contributed by atoms with Crippen molar-refractivity contribution in [1.29, 1.82) is 0 Å². The molecule has 2 aliphatic heterocycles. The van der Waals surface area contributed by atoms with Crippen LogP contribution in [-0.4, -0.2) is 89.4 Å². The normalized spacial score (nSPS) is 18.0. The zero-order valence-electron chi connectivity index (χ0n) is 28.7. The van der Waals surface area contributed by atoms with Gasteiger partial charge in [-0.05, 0) is 98.5 Å². The molecule has 278 valence electrons. The Kier molecular flexibility index (Phi) is 11.1. The Balaban J connectivity index is 1.24. The number of carboxylic acid groups (broad SMARTS) is 1. The first-order chi connectivity index (χ1) is 24.8. The number of carbonyl (C=O) groups is 2. The van der Waals surface area contributed by atoms with E-state index in [2.05, 4.69) is 16.3 Å². The van der Waals surface area contributed by atoms with E-state index in [1.165, 1.54) is 19.3 Å². The maximum atomic E-state index is 14.4. The van der Waals surface area contributed by atoms with Gasteiger partial charge in [-0.15, -0.1) is 0 Å². The lowest BCUT2D eigenvalue weighted by molar-refractivity contribution is -0.236. The summed E-state index contributed by atoms with van der Waals surface area (Å²) in [6.45, 7) is 0.705. The third kappa shape index (κ3) is 8.20. The Morgan fingerprint density at radius 2 is 1.42 bits per heavy atom. The van der Waals surface area contributed by atoms with Crippen LogP contribution in [0.5, 0.6) is 0 Å². The number of likely N-dealkylation sites (tertiary alicyclic amines) is 2. The number of nitrogens with one attached hydrogen (secondary N) is 1. The van der Waals surface area contributed by atoms with Gasteiger partial charge in [0, 0.05) is 23.6 Å². The highest BCUT2D eigenvalue weighted by Crippen LogP contribution is 2.47. The number of aliphatic carboxylic acids is 1. The SMILES string of the molecule is O=C(O)[C@H](Cc1cccc2c(-c3ncc(CCCN4CCCCC4)c4ccccc34)cccc12)NC(=O)C1(C(F)(F)F)CCN(CC(F)(F)F)CC1. The summed E-state index contributed by atoms with van der Waals surface area (Å²) in [5.74, 6) is -3.08. The second kappa shape index (κ2) is 15.4. The number of carboxylic acids is 1. The van der Waals surface area contributed by atoms with Crippen LogP contribution in [0.1, 0.15) is 49.7 Å². The van der Waals surface area contributed by atoms with Crippen LogP contribution in [-0.2, 0) is 22.4 Å². The third-order valence-corrected chi connectivity index (χ3v) is 10.6. The molecule has 4 aromatic rings. The quantitative estimate of drug-likeness (QED) is 0.154. The maximum Gasteiger partial charge on any atom is 0.403 e. The van der Waals surface area contributed by atoms with E-state index in [9.17, 15) is 41.0 Å². The van der Waals surface area contributed by atoms with Gasteiger partial charge in [0.05, 0.1) is 12.2 Å². The van der Waals surface area contributed by atoms with Crippen LogP contribution in [0, 0.1) is 5.41 Å². The van der Waals surface area contributed by atoms with Gasteiger partial charge in [0.25, 0.3) is 0 Å². The summed E-state index contributed by atoms with van der Waals surface area (Å²) in [6, 6.07) is 17.1. The van der Waals surface area contributed by atoms with Crippen LogP contribution < -0.4 is 5.32 Å². The first-order valence-corrected chi connectivity index (χ1v) is 17.8. The van der Waals surface area contributed by atoms with Crippen LogP contribution in [0.2, 0.25) is 0 Å². The molecule has 0 spiro atoms. The number of pyridine rings is 1. The minimum absolute atomic E-state index is 0.319. The Labute approximate surface area is 298 Å². The Bertz CT molecular complexity index is 1900. The van der Waals surface area contributed by atoms with Crippen molar-refractivity contribution in [2.75, 3.05) is 39.3 Å². The fourth-order valence-electron chi connectivity index (χ4n) is 7.80. The highest BCUT2D eigenvalue weighted by Gasteiger charge is 2.61. The average Bonchev–Trinajstić information content (AvgIpc) is 3.11. The van der Waals surface area contributed by atoms with E-state index in [0.29, 0.717) is 10.9 Å². The second-order valence-electron chi connectivity index (χ2n) is 14.0. The number of alkyl halides is 6. The van der Waals surface area contributed by atoms with Crippen LogP contribution in [0.25, 0.3) is 32.8 Å². The van der Waals surface area contributed by atoms with Crippen LogP contribution in [0.3, 0.4) is 0 Å². The zero-order valence-corrected chi connectivity index (χ0v) is 28.7. The first kappa shape index (κ1) is 37.5. The molecule has 3 heterocycles. The fourth-order valence-corrected chi connectivity index (χ4v) is 7.80. The molecular formula is C39H42F6N4O3. The van der Waals surface area contributed by atoms with Crippen molar-refractivity contribution in [3.63, 3.8) is 0 Å². The molecule has 7 nitrogen and oxygen atoms in total. The van der Waals surface area contributed by atoms with Crippen molar-refractivity contribution >= 4 is 33.4 Å². The molecule has 0 radical (unpaired) electrons. The molecule has 1 amide bonds. The maximum absolute atomic E-state index is 14.4. The summed E-state index contributed by atoms with van der Waals surface area (Å²) >= 11 is 0. The number of aromatic nitrogens is 1. The molecule has 0 unspecified atom stereocenters. The molecule has 2 saturated heterocycles. The largest absolute Gasteiger partial charge is 0.480 e. The van der Waals surface area contributed by atoms with Gasteiger partial charge in [0.2, 0.25) is 5.91 Å². The number of aryl methyl sites for hydroxylation is 1. The van der Waals surface area contributed by atoms with Crippen molar-refractivity contribution in [2.24, 2.45) is 5.41 Å². The highest BCUT2D eigenvalue weighted by atomic mass is 19.4. The molecule has 52 heavy (non-hydrogen) atoms. The van der Waals surface area contributed by atoms with Gasteiger partial charge in [-0.3, -0.25) is 14.7 Å². The number of hydrogen-bond donors (Lipinski definition) is 2. The topological polar surface area (TPSA) is 85.8 Å². The van der Waals surface area contributed by atoms with Gasteiger partial charge in [-0.2, -0.15) is 26.3 Å². The van der Waals surface area contributed by atoms with Crippen molar-refractivity contribution in [3.05, 3.63) is 78.0 Å². The number of amides is 1. The van der Waals surface area contributed by atoms with Crippen molar-refractivity contribution in [2.45, 2.75) is 69.8 Å². The lowest BCUT2D eigenvalue weighted by Crippen LogP contribution is -2.59. The van der Waals surface area contributed by atoms with E-state index in [1.807, 2.05) is 42.6 Å². The average molecular weight is 729 g/mol. The summed E-state index contributed by atoms with van der Waals surface area (Å²) < 4.78 is 81.9. The Morgan fingerprint density at radius 3 is 2.10 bits per heavy atom. The summed E-state index contributed by atoms with van der Waals surface area (Å²) in [7, 11) is 0. The lowest BCUT2D eigenvalue weighted by atomic mass is 9.76. The molecule has 0 saturated carbocycles. The number of fused-ring (bicyclic) bond motifs is 2. The number of piperidine rings is 2. The fraction of sp³-hybridized carbons (Fsp3) is 0.462. The van der Waals surface area contributed by atoms with E-state index >= 15 is 0 Å². The Hall–Kier alpha value is -4.23. The summed E-state index contributed by atoms with van der Waals surface area (Å²) in [5, 5.41) is 15.7. The van der Waals surface area contributed by atoms with E-state index in [1.54, 1.807) is 18.2 Å². The molecule has 2 fully saturated rings. The van der Waals surface area contributed by atoms with Crippen LogP contribution in [0.15, 0.2) is 66.9 Å². The van der Waals surface area contributed by atoms with Crippen LogP contribution in [0.4, 0.5) is 26.3 Å². The predicted molar refractivity (Wildman–Crippen MR) is 187 cm³/mol. The smallest absolute Gasteiger partial charge is 0.403 e.